The van der Waals surface area contributed by atoms with Crippen LogP contribution >= 0.6 is 0 Å². The average Bonchev–Trinajstić information content (AvgIpc) is 2.26. The summed E-state index contributed by atoms with van der Waals surface area (Å²) in [6, 6.07) is 9.41. The van der Waals surface area contributed by atoms with Crippen molar-refractivity contribution < 1.29 is 14.2 Å². The Bertz CT molecular complexity index is 343. The molecule has 0 N–H and O–H groups in total. The quantitative estimate of drug-likeness (QED) is 0.723. The van der Waals surface area contributed by atoms with Crippen molar-refractivity contribution in [2.45, 2.75) is 20.8 Å². The van der Waals surface area contributed by atoms with Gasteiger partial charge in [0.25, 0.3) is 0 Å². The molecule has 1 aromatic carbocycles. The van der Waals surface area contributed by atoms with Gasteiger partial charge in [-0.05, 0) is 10.9 Å². The van der Waals surface area contributed by atoms with Gasteiger partial charge in [0, 0.05) is 0 Å². The number of hydrogen-bond acceptors (Lipinski definition) is 3. The third-order valence-corrected chi connectivity index (χ3v) is 1.88. The van der Waals surface area contributed by atoms with Crippen LogP contribution in [0.15, 0.2) is 30.3 Å². The van der Waals surface area contributed by atoms with Crippen molar-refractivity contribution in [1.29, 1.82) is 0 Å². The van der Waals surface area contributed by atoms with Gasteiger partial charge in [0.05, 0.1) is 6.61 Å². The number of rotatable bonds is 5. The standard InChI is InChI=1S/C13H18BO3/c1-13(2,3)10-16-9-12(15)17-14-11-7-5-4-6-8-11/h4-8H,9-10H2,1-3H3. The summed E-state index contributed by atoms with van der Waals surface area (Å²) in [5.74, 6) is -0.377. The molecule has 0 fully saturated rings. The Labute approximate surface area is 103 Å². The van der Waals surface area contributed by atoms with E-state index in [9.17, 15) is 4.79 Å². The number of carbonyl (C=O) groups excluding carboxylic acids is 1. The molecule has 0 saturated heterocycles. The van der Waals surface area contributed by atoms with E-state index < -0.39 is 0 Å². The second-order valence-corrected chi connectivity index (χ2v) is 5.07. The van der Waals surface area contributed by atoms with Crippen LogP contribution in [-0.2, 0) is 14.2 Å². The number of ether oxygens (including phenoxy) is 1. The van der Waals surface area contributed by atoms with E-state index in [1.54, 1.807) is 0 Å². The normalized spacial score (nSPS) is 11.0. The van der Waals surface area contributed by atoms with Gasteiger partial charge in [-0.3, -0.25) is 4.79 Å². The molecule has 0 spiro atoms. The summed E-state index contributed by atoms with van der Waals surface area (Å²) < 4.78 is 10.2. The van der Waals surface area contributed by atoms with Gasteiger partial charge >= 0.3 is 13.5 Å². The lowest BCUT2D eigenvalue weighted by Crippen LogP contribution is -2.25. The van der Waals surface area contributed by atoms with E-state index in [2.05, 4.69) is 20.8 Å². The molecule has 0 heterocycles. The maximum atomic E-state index is 11.3. The highest BCUT2D eigenvalue weighted by atomic mass is 16.5. The largest absolute Gasteiger partial charge is 0.531 e. The van der Waals surface area contributed by atoms with Gasteiger partial charge in [-0.2, -0.15) is 0 Å². The first-order valence-electron chi connectivity index (χ1n) is 5.63. The predicted octanol–water partition coefficient (Wildman–Crippen LogP) is 1.54. The Hall–Kier alpha value is -1.29. The third-order valence-electron chi connectivity index (χ3n) is 1.88. The van der Waals surface area contributed by atoms with Crippen LogP contribution in [0.3, 0.4) is 0 Å². The fraction of sp³-hybridized carbons (Fsp3) is 0.462. The number of carbonyl (C=O) groups is 1. The Morgan fingerprint density at radius 1 is 1.24 bits per heavy atom. The van der Waals surface area contributed by atoms with E-state index in [0.717, 1.165) is 5.46 Å². The molecule has 0 atom stereocenters. The first-order chi connectivity index (χ1) is 7.97. The van der Waals surface area contributed by atoms with E-state index >= 15 is 0 Å². The molecule has 0 saturated carbocycles. The zero-order chi connectivity index (χ0) is 12.7. The minimum Gasteiger partial charge on any atom is -0.531 e. The maximum absolute atomic E-state index is 11.3. The van der Waals surface area contributed by atoms with Crippen LogP contribution in [0.1, 0.15) is 20.8 Å². The lowest BCUT2D eigenvalue weighted by atomic mass is 9.88. The zero-order valence-corrected chi connectivity index (χ0v) is 10.6. The SMILES string of the molecule is CC(C)(C)COCC(=O)O[B]c1ccccc1. The monoisotopic (exact) mass is 233 g/mol. The molecule has 0 aliphatic heterocycles. The van der Waals surface area contributed by atoms with Gasteiger partial charge in [-0.15, -0.1) is 0 Å². The molecule has 91 valence electrons. The van der Waals surface area contributed by atoms with Crippen LogP contribution in [0.5, 0.6) is 0 Å². The second-order valence-electron chi connectivity index (χ2n) is 5.07. The van der Waals surface area contributed by atoms with Crippen LogP contribution in [-0.4, -0.2) is 26.7 Å². The Balaban J connectivity index is 2.18. The number of benzene rings is 1. The molecule has 4 heteroatoms. The fourth-order valence-electron chi connectivity index (χ4n) is 1.14. The second kappa shape index (κ2) is 6.45. The minimum absolute atomic E-state index is 0.0133. The zero-order valence-electron chi connectivity index (χ0n) is 10.6. The van der Waals surface area contributed by atoms with Gasteiger partial charge in [0.2, 0.25) is 0 Å². The van der Waals surface area contributed by atoms with Gasteiger partial charge in [0.1, 0.15) is 6.61 Å². The van der Waals surface area contributed by atoms with Crippen molar-refractivity contribution in [3.63, 3.8) is 0 Å². The molecule has 0 aliphatic carbocycles. The molecule has 1 radical (unpaired) electrons. The average molecular weight is 233 g/mol. The lowest BCUT2D eigenvalue weighted by Gasteiger charge is -2.17. The Morgan fingerprint density at radius 3 is 2.47 bits per heavy atom. The lowest BCUT2D eigenvalue weighted by molar-refractivity contribution is -0.140. The van der Waals surface area contributed by atoms with Crippen molar-refractivity contribution >= 4 is 18.9 Å². The van der Waals surface area contributed by atoms with E-state index in [1.807, 2.05) is 30.3 Å². The fourth-order valence-corrected chi connectivity index (χ4v) is 1.14. The smallest absolute Gasteiger partial charge is 0.412 e. The first-order valence-corrected chi connectivity index (χ1v) is 5.63. The summed E-state index contributed by atoms with van der Waals surface area (Å²) in [5, 5.41) is 0. The Kier molecular flexibility index (Phi) is 5.23. The summed E-state index contributed by atoms with van der Waals surface area (Å²) in [6.45, 7) is 6.67. The van der Waals surface area contributed by atoms with E-state index in [0.29, 0.717) is 6.61 Å². The Morgan fingerprint density at radius 2 is 1.88 bits per heavy atom. The molecular formula is C13H18BO3. The van der Waals surface area contributed by atoms with Crippen LogP contribution in [0.2, 0.25) is 0 Å². The predicted molar refractivity (Wildman–Crippen MR) is 68.2 cm³/mol. The molecule has 1 aromatic rings. The summed E-state index contributed by atoms with van der Waals surface area (Å²) in [5.41, 5.74) is 0.917. The number of hydrogen-bond donors (Lipinski definition) is 0. The highest BCUT2D eigenvalue weighted by Gasteiger charge is 2.12. The van der Waals surface area contributed by atoms with E-state index in [4.69, 9.17) is 9.39 Å². The van der Waals surface area contributed by atoms with Gasteiger partial charge in [-0.1, -0.05) is 51.1 Å². The summed E-state index contributed by atoms with van der Waals surface area (Å²) in [6.07, 6.45) is 0. The van der Waals surface area contributed by atoms with Crippen LogP contribution in [0.25, 0.3) is 0 Å². The van der Waals surface area contributed by atoms with Gasteiger partial charge in [0.15, 0.2) is 0 Å². The van der Waals surface area contributed by atoms with E-state index in [-0.39, 0.29) is 18.0 Å². The van der Waals surface area contributed by atoms with Crippen molar-refractivity contribution in [3.05, 3.63) is 30.3 Å². The topological polar surface area (TPSA) is 35.5 Å². The van der Waals surface area contributed by atoms with Crippen LogP contribution in [0, 0.1) is 5.41 Å². The van der Waals surface area contributed by atoms with Gasteiger partial charge in [-0.25, -0.2) is 0 Å². The van der Waals surface area contributed by atoms with Crippen molar-refractivity contribution in [2.24, 2.45) is 5.41 Å². The molecule has 0 bridgehead atoms. The maximum Gasteiger partial charge on any atom is 0.412 e. The summed E-state index contributed by atoms with van der Waals surface area (Å²) in [4.78, 5) is 11.3. The molecule has 1 rings (SSSR count). The van der Waals surface area contributed by atoms with Crippen LogP contribution in [0.4, 0.5) is 0 Å². The van der Waals surface area contributed by atoms with E-state index in [1.165, 1.54) is 7.48 Å². The molecule has 0 aromatic heterocycles. The third kappa shape index (κ3) is 6.79. The highest BCUT2D eigenvalue weighted by molar-refractivity contribution is 6.48. The molecule has 0 unspecified atom stereocenters. The summed E-state index contributed by atoms with van der Waals surface area (Å²) in [7, 11) is 1.43. The summed E-state index contributed by atoms with van der Waals surface area (Å²) >= 11 is 0. The molecule has 17 heavy (non-hydrogen) atoms. The molecule has 0 aliphatic rings. The van der Waals surface area contributed by atoms with Gasteiger partial charge < -0.3 is 9.39 Å². The van der Waals surface area contributed by atoms with Crippen LogP contribution < -0.4 is 5.46 Å². The first kappa shape index (κ1) is 13.8. The van der Waals surface area contributed by atoms with Crippen molar-refractivity contribution in [3.8, 4) is 0 Å². The molecule has 0 amide bonds. The van der Waals surface area contributed by atoms with Crippen molar-refractivity contribution in [2.75, 3.05) is 13.2 Å². The van der Waals surface area contributed by atoms with Crippen molar-refractivity contribution in [1.82, 2.24) is 0 Å². The minimum atomic E-state index is -0.377. The highest BCUT2D eigenvalue weighted by Crippen LogP contribution is 2.12. The molecular weight excluding hydrogens is 215 g/mol. The molecule has 3 nitrogen and oxygen atoms in total.